The molecular formula is C15H12ClN3O2. The van der Waals surface area contributed by atoms with Gasteiger partial charge in [0.15, 0.2) is 0 Å². The molecule has 0 fully saturated rings. The van der Waals surface area contributed by atoms with E-state index >= 15 is 0 Å². The van der Waals surface area contributed by atoms with Gasteiger partial charge in [0.2, 0.25) is 5.82 Å². The maximum Gasteiger partial charge on any atom is 0.262 e. The van der Waals surface area contributed by atoms with Crippen molar-refractivity contribution in [1.82, 2.24) is 15.1 Å². The van der Waals surface area contributed by atoms with Crippen LogP contribution in [0.15, 0.2) is 35.0 Å². The number of aromatic nitrogens is 3. The predicted molar refractivity (Wildman–Crippen MR) is 79.1 cm³/mol. The second-order valence-corrected chi connectivity index (χ2v) is 5.20. The van der Waals surface area contributed by atoms with E-state index in [-0.39, 0.29) is 11.6 Å². The molecule has 6 heteroatoms. The molecule has 1 N–H and O–H groups in total. The number of aromatic hydroxyl groups is 1. The molecule has 5 nitrogen and oxygen atoms in total. The Morgan fingerprint density at radius 1 is 1.19 bits per heavy atom. The van der Waals surface area contributed by atoms with Crippen LogP contribution in [0.3, 0.4) is 0 Å². The Kier molecular flexibility index (Phi) is 3.35. The molecule has 0 aliphatic rings. The summed E-state index contributed by atoms with van der Waals surface area (Å²) in [6.07, 6.45) is 1.75. The molecule has 21 heavy (non-hydrogen) atoms. The second-order valence-electron chi connectivity index (χ2n) is 4.76. The molecule has 0 saturated carbocycles. The minimum absolute atomic E-state index is 0.0307. The molecule has 0 unspecified atom stereocenters. The van der Waals surface area contributed by atoms with E-state index in [9.17, 15) is 5.11 Å². The predicted octanol–water partition coefficient (Wildman–Crippen LogP) is 3.77. The lowest BCUT2D eigenvalue weighted by atomic mass is 10.1. The number of aryl methyl sites for hydroxylation is 2. The third-order valence-electron chi connectivity index (χ3n) is 3.04. The van der Waals surface area contributed by atoms with Crippen molar-refractivity contribution in [3.05, 3.63) is 46.6 Å². The number of hydrogen-bond acceptors (Lipinski definition) is 5. The summed E-state index contributed by atoms with van der Waals surface area (Å²) in [7, 11) is 0. The largest absolute Gasteiger partial charge is 0.507 e. The van der Waals surface area contributed by atoms with Gasteiger partial charge in [0.1, 0.15) is 11.4 Å². The van der Waals surface area contributed by atoms with Crippen LogP contribution in [0.2, 0.25) is 5.02 Å². The van der Waals surface area contributed by atoms with E-state index in [1.165, 1.54) is 6.07 Å². The molecule has 0 saturated heterocycles. The van der Waals surface area contributed by atoms with Crippen LogP contribution in [-0.2, 0) is 0 Å². The fourth-order valence-corrected chi connectivity index (χ4v) is 2.23. The van der Waals surface area contributed by atoms with Gasteiger partial charge >= 0.3 is 0 Å². The fraction of sp³-hybridized carbons (Fsp3) is 0.133. The maximum atomic E-state index is 9.86. The number of halogens is 1. The average molecular weight is 302 g/mol. The van der Waals surface area contributed by atoms with Crippen molar-refractivity contribution < 1.29 is 9.63 Å². The van der Waals surface area contributed by atoms with Crippen molar-refractivity contribution in [2.45, 2.75) is 13.8 Å². The van der Waals surface area contributed by atoms with E-state index < -0.39 is 0 Å². The van der Waals surface area contributed by atoms with Gasteiger partial charge in [-0.2, -0.15) is 4.98 Å². The zero-order valence-corrected chi connectivity index (χ0v) is 12.2. The number of benzene rings is 1. The standard InChI is InChI=1S/C15H12ClN3O2/c1-8-5-9(2)13(17-7-8)14-18-15(21-19-14)11-6-10(16)3-4-12(11)20/h3-7,20H,1-2H3. The van der Waals surface area contributed by atoms with Gasteiger partial charge in [0.05, 0.1) is 5.56 Å². The Bertz CT molecular complexity index is 814. The number of nitrogens with zero attached hydrogens (tertiary/aromatic N) is 3. The summed E-state index contributed by atoms with van der Waals surface area (Å²) >= 11 is 5.92. The summed E-state index contributed by atoms with van der Waals surface area (Å²) < 4.78 is 5.21. The highest BCUT2D eigenvalue weighted by atomic mass is 35.5. The van der Waals surface area contributed by atoms with Gasteiger partial charge in [-0.3, -0.25) is 4.98 Å². The molecule has 2 aromatic heterocycles. The third kappa shape index (κ3) is 2.60. The van der Waals surface area contributed by atoms with Gasteiger partial charge in [-0.25, -0.2) is 0 Å². The number of phenols is 1. The van der Waals surface area contributed by atoms with Crippen molar-refractivity contribution in [3.8, 4) is 28.7 Å². The maximum absolute atomic E-state index is 9.86. The van der Waals surface area contributed by atoms with Crippen molar-refractivity contribution >= 4 is 11.6 Å². The monoisotopic (exact) mass is 301 g/mol. The molecule has 3 aromatic rings. The Morgan fingerprint density at radius 3 is 2.76 bits per heavy atom. The SMILES string of the molecule is Cc1cnc(-c2noc(-c3cc(Cl)ccc3O)n2)c(C)c1. The van der Waals surface area contributed by atoms with Gasteiger partial charge < -0.3 is 9.63 Å². The van der Waals surface area contributed by atoms with E-state index in [1.807, 2.05) is 19.9 Å². The molecular weight excluding hydrogens is 290 g/mol. The normalized spacial score (nSPS) is 10.8. The molecule has 0 amide bonds. The van der Waals surface area contributed by atoms with Gasteiger partial charge in [-0.05, 0) is 43.2 Å². The first-order valence-electron chi connectivity index (χ1n) is 6.31. The lowest BCUT2D eigenvalue weighted by Gasteiger charge is -2.00. The molecule has 0 atom stereocenters. The van der Waals surface area contributed by atoms with Crippen LogP contribution < -0.4 is 0 Å². The highest BCUT2D eigenvalue weighted by Crippen LogP contribution is 2.31. The van der Waals surface area contributed by atoms with E-state index in [2.05, 4.69) is 15.1 Å². The van der Waals surface area contributed by atoms with Crippen molar-refractivity contribution in [2.24, 2.45) is 0 Å². The zero-order chi connectivity index (χ0) is 15.0. The molecule has 1 aromatic carbocycles. The molecule has 0 spiro atoms. The summed E-state index contributed by atoms with van der Waals surface area (Å²) in [6.45, 7) is 3.90. The van der Waals surface area contributed by atoms with Gasteiger partial charge in [0, 0.05) is 11.2 Å². The van der Waals surface area contributed by atoms with Crippen molar-refractivity contribution in [2.75, 3.05) is 0 Å². The first-order valence-corrected chi connectivity index (χ1v) is 6.68. The lowest BCUT2D eigenvalue weighted by Crippen LogP contribution is -1.91. The number of rotatable bonds is 2. The fourth-order valence-electron chi connectivity index (χ4n) is 2.06. The molecule has 0 bridgehead atoms. The average Bonchev–Trinajstić information content (AvgIpc) is 2.91. The van der Waals surface area contributed by atoms with E-state index in [0.29, 0.717) is 22.1 Å². The molecule has 3 rings (SSSR count). The van der Waals surface area contributed by atoms with Gasteiger partial charge in [0.25, 0.3) is 5.89 Å². The van der Waals surface area contributed by atoms with Crippen LogP contribution in [0.4, 0.5) is 0 Å². The molecule has 0 radical (unpaired) electrons. The molecule has 0 aliphatic carbocycles. The minimum atomic E-state index is 0.0307. The Morgan fingerprint density at radius 2 is 2.00 bits per heavy atom. The summed E-state index contributed by atoms with van der Waals surface area (Å²) in [5.74, 6) is 0.608. The van der Waals surface area contributed by atoms with Crippen LogP contribution in [0.5, 0.6) is 5.75 Å². The summed E-state index contributed by atoms with van der Waals surface area (Å²) in [5.41, 5.74) is 3.06. The number of pyridine rings is 1. The first kappa shape index (κ1) is 13.6. The number of hydrogen-bond donors (Lipinski definition) is 1. The molecule has 0 aliphatic heterocycles. The van der Waals surface area contributed by atoms with E-state index in [0.717, 1.165) is 11.1 Å². The third-order valence-corrected chi connectivity index (χ3v) is 3.28. The van der Waals surface area contributed by atoms with Crippen molar-refractivity contribution in [1.29, 1.82) is 0 Å². The quantitative estimate of drug-likeness (QED) is 0.780. The number of phenolic OH excluding ortho intramolecular Hbond substituents is 1. The van der Waals surface area contributed by atoms with Crippen molar-refractivity contribution in [3.63, 3.8) is 0 Å². The van der Waals surface area contributed by atoms with Crippen LogP contribution in [0, 0.1) is 13.8 Å². The van der Waals surface area contributed by atoms with E-state index in [4.69, 9.17) is 16.1 Å². The smallest absolute Gasteiger partial charge is 0.262 e. The summed E-state index contributed by atoms with van der Waals surface area (Å²) in [4.78, 5) is 8.61. The second kappa shape index (κ2) is 5.18. The first-order chi connectivity index (χ1) is 10.0. The topological polar surface area (TPSA) is 72.0 Å². The summed E-state index contributed by atoms with van der Waals surface area (Å²) in [5, 5.41) is 14.3. The van der Waals surface area contributed by atoms with Crippen LogP contribution in [-0.4, -0.2) is 20.2 Å². The van der Waals surface area contributed by atoms with E-state index in [1.54, 1.807) is 18.3 Å². The Balaban J connectivity index is 2.06. The minimum Gasteiger partial charge on any atom is -0.507 e. The van der Waals surface area contributed by atoms with Gasteiger partial charge in [-0.15, -0.1) is 0 Å². The van der Waals surface area contributed by atoms with Gasteiger partial charge in [-0.1, -0.05) is 22.8 Å². The zero-order valence-electron chi connectivity index (χ0n) is 11.5. The van der Waals surface area contributed by atoms with Crippen LogP contribution >= 0.6 is 11.6 Å². The van der Waals surface area contributed by atoms with Crippen LogP contribution in [0.25, 0.3) is 23.0 Å². The molecule has 106 valence electrons. The van der Waals surface area contributed by atoms with Crippen LogP contribution in [0.1, 0.15) is 11.1 Å². The highest BCUT2D eigenvalue weighted by Gasteiger charge is 2.16. The summed E-state index contributed by atoms with van der Waals surface area (Å²) in [6, 6.07) is 6.64. The highest BCUT2D eigenvalue weighted by molar-refractivity contribution is 6.30. The Labute approximate surface area is 126 Å². The molecule has 2 heterocycles. The lowest BCUT2D eigenvalue weighted by molar-refractivity contribution is 0.425. The Hall–Kier alpha value is -2.40.